The van der Waals surface area contributed by atoms with E-state index in [0.717, 1.165) is 18.4 Å². The van der Waals surface area contributed by atoms with Gasteiger partial charge in [-0.1, -0.05) is 55.9 Å². The number of amides is 1. The van der Waals surface area contributed by atoms with Crippen LogP contribution in [0.4, 0.5) is 0 Å². The largest absolute Gasteiger partial charge is 0.392 e. The molecule has 18 heavy (non-hydrogen) atoms. The monoisotopic (exact) mass is 264 g/mol. The van der Waals surface area contributed by atoms with Gasteiger partial charge in [0.15, 0.2) is 0 Å². The van der Waals surface area contributed by atoms with Crippen molar-refractivity contribution >= 4 is 23.1 Å². The minimum absolute atomic E-state index is 0.116. The molecule has 0 fully saturated rings. The maximum atomic E-state index is 12.2. The van der Waals surface area contributed by atoms with Gasteiger partial charge in [-0.25, -0.2) is 0 Å². The fraction of sp³-hybridized carbons (Fsp3) is 0.429. The highest BCUT2D eigenvalue weighted by molar-refractivity contribution is 7.80. The number of carbonyl (C=O) groups is 1. The molecule has 1 aromatic carbocycles. The Kier molecular flexibility index (Phi) is 5.78. The molecule has 0 bridgehead atoms. The number of hydrogen-bond acceptors (Lipinski definition) is 2. The normalized spacial score (nSPS) is 13.7. The number of nitrogens with two attached hydrogens (primary N) is 1. The van der Waals surface area contributed by atoms with Gasteiger partial charge in [-0.2, -0.15) is 0 Å². The molecular formula is C14H20N2OS. The summed E-state index contributed by atoms with van der Waals surface area (Å²) in [6.07, 6.45) is 1.98. The summed E-state index contributed by atoms with van der Waals surface area (Å²) in [5, 5.41) is 2.95. The van der Waals surface area contributed by atoms with Gasteiger partial charge in [-0.15, -0.1) is 0 Å². The summed E-state index contributed by atoms with van der Waals surface area (Å²) in [5.74, 6) is -0.657. The molecule has 0 saturated carbocycles. The van der Waals surface area contributed by atoms with Crippen molar-refractivity contribution in [2.45, 2.75) is 38.6 Å². The summed E-state index contributed by atoms with van der Waals surface area (Å²) in [5.41, 5.74) is 6.53. The molecular weight excluding hydrogens is 244 g/mol. The fourth-order valence-electron chi connectivity index (χ4n) is 1.92. The molecule has 2 atom stereocenters. The second kappa shape index (κ2) is 7.11. The molecule has 0 aliphatic rings. The molecule has 0 spiro atoms. The zero-order chi connectivity index (χ0) is 13.5. The Labute approximate surface area is 114 Å². The van der Waals surface area contributed by atoms with Gasteiger partial charge in [0.1, 0.15) is 5.92 Å². The molecule has 0 aromatic heterocycles. The van der Waals surface area contributed by atoms with E-state index in [4.69, 9.17) is 18.0 Å². The third-order valence-corrected chi connectivity index (χ3v) is 3.03. The molecule has 0 radical (unpaired) electrons. The van der Waals surface area contributed by atoms with Crippen LogP contribution < -0.4 is 11.1 Å². The maximum Gasteiger partial charge on any atom is 0.234 e. The molecule has 3 N–H and O–H groups in total. The van der Waals surface area contributed by atoms with Crippen LogP contribution in [0.2, 0.25) is 0 Å². The average Bonchev–Trinajstić information content (AvgIpc) is 2.30. The lowest BCUT2D eigenvalue weighted by molar-refractivity contribution is -0.121. The minimum atomic E-state index is -0.541. The standard InChI is InChI=1S/C14H20N2OS/c1-3-7-10(2)16-14(17)12(13(15)18)11-8-5-4-6-9-11/h4-6,8-10,12H,3,7H2,1-2H3,(H2,15,18)(H,16,17). The molecule has 1 rings (SSSR count). The van der Waals surface area contributed by atoms with Gasteiger partial charge in [0, 0.05) is 6.04 Å². The SMILES string of the molecule is CCCC(C)NC(=O)C(C(N)=S)c1ccccc1. The number of carbonyl (C=O) groups excluding carboxylic acids is 1. The van der Waals surface area contributed by atoms with E-state index in [1.165, 1.54) is 0 Å². The Hall–Kier alpha value is -1.42. The average molecular weight is 264 g/mol. The van der Waals surface area contributed by atoms with Crippen LogP contribution in [0.5, 0.6) is 0 Å². The quantitative estimate of drug-likeness (QED) is 0.776. The van der Waals surface area contributed by atoms with Crippen molar-refractivity contribution in [3.8, 4) is 0 Å². The van der Waals surface area contributed by atoms with Crippen molar-refractivity contribution < 1.29 is 4.79 Å². The van der Waals surface area contributed by atoms with E-state index in [0.29, 0.717) is 0 Å². The van der Waals surface area contributed by atoms with E-state index >= 15 is 0 Å². The first-order valence-corrected chi connectivity index (χ1v) is 6.61. The number of benzene rings is 1. The molecule has 1 amide bonds. The van der Waals surface area contributed by atoms with Crippen molar-refractivity contribution in [1.82, 2.24) is 5.32 Å². The zero-order valence-corrected chi connectivity index (χ0v) is 11.7. The van der Waals surface area contributed by atoms with Crippen molar-refractivity contribution in [1.29, 1.82) is 0 Å². The lowest BCUT2D eigenvalue weighted by Crippen LogP contribution is -2.40. The van der Waals surface area contributed by atoms with Crippen LogP contribution in [0.15, 0.2) is 30.3 Å². The van der Waals surface area contributed by atoms with E-state index in [-0.39, 0.29) is 16.9 Å². The Balaban J connectivity index is 2.80. The topological polar surface area (TPSA) is 55.1 Å². The molecule has 98 valence electrons. The van der Waals surface area contributed by atoms with E-state index < -0.39 is 5.92 Å². The predicted octanol–water partition coefficient (Wildman–Crippen LogP) is 2.36. The Bertz CT molecular complexity index is 406. The van der Waals surface area contributed by atoms with Crippen molar-refractivity contribution in [2.24, 2.45) is 5.73 Å². The zero-order valence-electron chi connectivity index (χ0n) is 10.8. The summed E-state index contributed by atoms with van der Waals surface area (Å²) in [6, 6.07) is 9.54. The summed E-state index contributed by atoms with van der Waals surface area (Å²) in [7, 11) is 0. The van der Waals surface area contributed by atoms with Gasteiger partial charge >= 0.3 is 0 Å². The first-order valence-electron chi connectivity index (χ1n) is 6.21. The molecule has 0 aliphatic carbocycles. The first kappa shape index (κ1) is 14.6. The van der Waals surface area contributed by atoms with Crippen LogP contribution in [0.1, 0.15) is 38.2 Å². The van der Waals surface area contributed by atoms with Crippen molar-refractivity contribution in [3.63, 3.8) is 0 Å². The van der Waals surface area contributed by atoms with Crippen LogP contribution in [-0.2, 0) is 4.79 Å². The summed E-state index contributed by atoms with van der Waals surface area (Å²) in [6.45, 7) is 4.08. The van der Waals surface area contributed by atoms with Crippen LogP contribution in [0.3, 0.4) is 0 Å². The fourth-order valence-corrected chi connectivity index (χ4v) is 2.16. The van der Waals surface area contributed by atoms with Gasteiger partial charge in [0.05, 0.1) is 4.99 Å². The van der Waals surface area contributed by atoms with Crippen LogP contribution in [-0.4, -0.2) is 16.9 Å². The molecule has 0 saturated heterocycles. The van der Waals surface area contributed by atoms with E-state index in [1.54, 1.807) is 0 Å². The Morgan fingerprint density at radius 2 is 2.00 bits per heavy atom. The van der Waals surface area contributed by atoms with Gasteiger partial charge in [0.2, 0.25) is 5.91 Å². The molecule has 0 heterocycles. The highest BCUT2D eigenvalue weighted by Gasteiger charge is 2.24. The third-order valence-electron chi connectivity index (χ3n) is 2.79. The second-order valence-electron chi connectivity index (χ2n) is 4.44. The van der Waals surface area contributed by atoms with E-state index in [2.05, 4.69) is 12.2 Å². The smallest absolute Gasteiger partial charge is 0.234 e. The molecule has 4 heteroatoms. The number of rotatable bonds is 6. The van der Waals surface area contributed by atoms with Crippen LogP contribution >= 0.6 is 12.2 Å². The summed E-state index contributed by atoms with van der Waals surface area (Å²) < 4.78 is 0. The first-order chi connectivity index (χ1) is 8.56. The number of thiocarbonyl (C=S) groups is 1. The third kappa shape index (κ3) is 4.11. The molecule has 0 aliphatic heterocycles. The minimum Gasteiger partial charge on any atom is -0.392 e. The molecule has 2 unspecified atom stereocenters. The van der Waals surface area contributed by atoms with Gasteiger partial charge in [0.25, 0.3) is 0 Å². The Morgan fingerprint density at radius 1 is 1.39 bits per heavy atom. The van der Waals surface area contributed by atoms with Gasteiger partial charge in [-0.05, 0) is 18.9 Å². The lowest BCUT2D eigenvalue weighted by atomic mass is 9.97. The maximum absolute atomic E-state index is 12.2. The van der Waals surface area contributed by atoms with Crippen LogP contribution in [0.25, 0.3) is 0 Å². The number of hydrogen-bond donors (Lipinski definition) is 2. The highest BCUT2D eigenvalue weighted by atomic mass is 32.1. The van der Waals surface area contributed by atoms with E-state index in [1.807, 2.05) is 37.3 Å². The summed E-state index contributed by atoms with van der Waals surface area (Å²) >= 11 is 5.01. The molecule has 3 nitrogen and oxygen atoms in total. The molecule has 1 aromatic rings. The van der Waals surface area contributed by atoms with E-state index in [9.17, 15) is 4.79 Å². The van der Waals surface area contributed by atoms with Crippen LogP contribution in [0, 0.1) is 0 Å². The predicted molar refractivity (Wildman–Crippen MR) is 78.5 cm³/mol. The van der Waals surface area contributed by atoms with Gasteiger partial charge in [-0.3, -0.25) is 4.79 Å². The lowest BCUT2D eigenvalue weighted by Gasteiger charge is -2.19. The van der Waals surface area contributed by atoms with Gasteiger partial charge < -0.3 is 11.1 Å². The Morgan fingerprint density at radius 3 is 2.50 bits per heavy atom. The second-order valence-corrected chi connectivity index (χ2v) is 4.92. The number of nitrogens with one attached hydrogen (secondary N) is 1. The van der Waals surface area contributed by atoms with Crippen molar-refractivity contribution in [3.05, 3.63) is 35.9 Å². The highest BCUT2D eigenvalue weighted by Crippen LogP contribution is 2.16. The summed E-state index contributed by atoms with van der Waals surface area (Å²) in [4.78, 5) is 12.4. The van der Waals surface area contributed by atoms with Crippen molar-refractivity contribution in [2.75, 3.05) is 0 Å².